The summed E-state index contributed by atoms with van der Waals surface area (Å²) in [6.45, 7) is 3.38. The molecule has 4 heteroatoms. The first-order chi connectivity index (χ1) is 9.06. The van der Waals surface area contributed by atoms with Crippen molar-refractivity contribution in [2.45, 2.75) is 31.8 Å². The van der Waals surface area contributed by atoms with Gasteiger partial charge in [0.15, 0.2) is 0 Å². The third kappa shape index (κ3) is 4.45. The summed E-state index contributed by atoms with van der Waals surface area (Å²) in [6, 6.07) is 6.82. The topological polar surface area (TPSA) is 6.48 Å². The Labute approximate surface area is 129 Å². The van der Waals surface area contributed by atoms with Crippen LogP contribution >= 0.6 is 27.5 Å². The lowest BCUT2D eigenvalue weighted by atomic mass is 10.1. The fraction of sp³-hybridized carbons (Fsp3) is 0.600. The second-order valence-electron chi connectivity index (χ2n) is 5.56. The maximum absolute atomic E-state index is 5.99. The third-order valence-corrected chi connectivity index (χ3v) is 4.90. The highest BCUT2D eigenvalue weighted by Gasteiger charge is 2.18. The van der Waals surface area contributed by atoms with Gasteiger partial charge in [0.25, 0.3) is 0 Å². The second kappa shape index (κ2) is 7.07. The summed E-state index contributed by atoms with van der Waals surface area (Å²) in [4.78, 5) is 4.92. The molecule has 106 valence electrons. The Morgan fingerprint density at radius 2 is 2.11 bits per heavy atom. The van der Waals surface area contributed by atoms with Gasteiger partial charge in [-0.2, -0.15) is 0 Å². The monoisotopic (exact) mass is 344 g/mol. The van der Waals surface area contributed by atoms with Crippen molar-refractivity contribution in [3.63, 3.8) is 0 Å². The molecular formula is C15H22BrClN2. The molecule has 1 saturated heterocycles. The van der Waals surface area contributed by atoms with Crippen LogP contribution in [0.2, 0.25) is 5.02 Å². The lowest BCUT2D eigenvalue weighted by Gasteiger charge is -2.23. The van der Waals surface area contributed by atoms with E-state index >= 15 is 0 Å². The molecule has 2 nitrogen and oxygen atoms in total. The average Bonchev–Trinajstić information content (AvgIpc) is 2.58. The van der Waals surface area contributed by atoms with Crippen LogP contribution in [0, 0.1) is 0 Å². The molecule has 0 unspecified atom stereocenters. The van der Waals surface area contributed by atoms with Crippen LogP contribution in [0.5, 0.6) is 0 Å². The molecule has 2 rings (SSSR count). The highest BCUT2D eigenvalue weighted by Crippen LogP contribution is 2.24. The van der Waals surface area contributed by atoms with Gasteiger partial charge in [0, 0.05) is 22.1 Å². The lowest BCUT2D eigenvalue weighted by Crippen LogP contribution is -2.30. The standard InChI is InChI=1S/C15H22BrClN2/c1-18(2)14-4-3-8-19(9-7-14)11-12-5-6-13(17)10-15(12)16/h5-6,10,14H,3-4,7-9,11H2,1-2H3/t14-/m0/s1. The van der Waals surface area contributed by atoms with Crippen molar-refractivity contribution in [1.82, 2.24) is 9.80 Å². The lowest BCUT2D eigenvalue weighted by molar-refractivity contribution is 0.245. The molecule has 1 aliphatic heterocycles. The Kier molecular flexibility index (Phi) is 5.70. The minimum absolute atomic E-state index is 0.735. The van der Waals surface area contributed by atoms with E-state index in [9.17, 15) is 0 Å². The molecule has 0 bridgehead atoms. The molecule has 1 heterocycles. The van der Waals surface area contributed by atoms with E-state index in [1.54, 1.807) is 0 Å². The second-order valence-corrected chi connectivity index (χ2v) is 6.85. The fourth-order valence-corrected chi connectivity index (χ4v) is 3.51. The molecule has 0 saturated carbocycles. The summed E-state index contributed by atoms with van der Waals surface area (Å²) in [5.41, 5.74) is 1.33. The maximum Gasteiger partial charge on any atom is 0.0417 e. The minimum atomic E-state index is 0.735. The molecule has 19 heavy (non-hydrogen) atoms. The normalized spacial score (nSPS) is 21.6. The van der Waals surface area contributed by atoms with Crippen molar-refractivity contribution in [3.05, 3.63) is 33.3 Å². The predicted octanol–water partition coefficient (Wildman–Crippen LogP) is 4.02. The molecule has 0 aromatic heterocycles. The van der Waals surface area contributed by atoms with Crippen LogP contribution in [-0.4, -0.2) is 43.0 Å². The number of hydrogen-bond donors (Lipinski definition) is 0. The van der Waals surface area contributed by atoms with Gasteiger partial charge in [-0.3, -0.25) is 4.90 Å². The fourth-order valence-electron chi connectivity index (χ4n) is 2.70. The number of nitrogens with zero attached hydrogens (tertiary/aromatic N) is 2. The van der Waals surface area contributed by atoms with Gasteiger partial charge >= 0.3 is 0 Å². The van der Waals surface area contributed by atoms with Crippen LogP contribution in [-0.2, 0) is 6.54 Å². The number of halogens is 2. The molecule has 1 fully saturated rings. The van der Waals surface area contributed by atoms with E-state index in [1.165, 1.54) is 37.9 Å². The Hall–Kier alpha value is -0.0900. The average molecular weight is 346 g/mol. The first kappa shape index (κ1) is 15.3. The highest BCUT2D eigenvalue weighted by molar-refractivity contribution is 9.10. The van der Waals surface area contributed by atoms with Gasteiger partial charge in [-0.1, -0.05) is 33.6 Å². The minimum Gasteiger partial charge on any atom is -0.306 e. The van der Waals surface area contributed by atoms with Crippen LogP contribution < -0.4 is 0 Å². The quantitative estimate of drug-likeness (QED) is 0.816. The van der Waals surface area contributed by atoms with E-state index in [0.717, 1.165) is 22.1 Å². The Morgan fingerprint density at radius 3 is 2.79 bits per heavy atom. The summed E-state index contributed by atoms with van der Waals surface area (Å²) in [5, 5.41) is 0.791. The number of hydrogen-bond acceptors (Lipinski definition) is 2. The van der Waals surface area contributed by atoms with Crippen molar-refractivity contribution in [2.24, 2.45) is 0 Å². The van der Waals surface area contributed by atoms with Crippen LogP contribution in [0.15, 0.2) is 22.7 Å². The number of likely N-dealkylation sites (tertiary alicyclic amines) is 1. The van der Waals surface area contributed by atoms with Crippen molar-refractivity contribution < 1.29 is 0 Å². The molecule has 1 aromatic rings. The molecule has 0 amide bonds. The SMILES string of the molecule is CN(C)[C@H]1CCCN(Cc2ccc(Cl)cc2Br)CC1. The van der Waals surface area contributed by atoms with E-state index in [2.05, 4.69) is 45.9 Å². The van der Waals surface area contributed by atoms with Gasteiger partial charge in [-0.25, -0.2) is 0 Å². The molecule has 0 aliphatic carbocycles. The van der Waals surface area contributed by atoms with Crippen molar-refractivity contribution in [1.29, 1.82) is 0 Å². The van der Waals surface area contributed by atoms with Crippen molar-refractivity contribution >= 4 is 27.5 Å². The van der Waals surface area contributed by atoms with Crippen molar-refractivity contribution in [3.8, 4) is 0 Å². The molecule has 0 spiro atoms. The maximum atomic E-state index is 5.99. The van der Waals surface area contributed by atoms with E-state index in [0.29, 0.717) is 0 Å². The van der Waals surface area contributed by atoms with Gasteiger partial charge in [0.1, 0.15) is 0 Å². The van der Waals surface area contributed by atoms with Gasteiger partial charge in [-0.15, -0.1) is 0 Å². The third-order valence-electron chi connectivity index (χ3n) is 3.93. The van der Waals surface area contributed by atoms with E-state index < -0.39 is 0 Å². The summed E-state index contributed by atoms with van der Waals surface area (Å²) in [6.07, 6.45) is 3.86. The zero-order chi connectivity index (χ0) is 13.8. The summed E-state index contributed by atoms with van der Waals surface area (Å²) < 4.78 is 1.12. The molecule has 1 aliphatic rings. The van der Waals surface area contributed by atoms with E-state index in [4.69, 9.17) is 11.6 Å². The van der Waals surface area contributed by atoms with Crippen molar-refractivity contribution in [2.75, 3.05) is 27.2 Å². The summed E-state index contributed by atoms with van der Waals surface area (Å²) in [7, 11) is 4.38. The van der Waals surface area contributed by atoms with Gasteiger partial charge in [0.2, 0.25) is 0 Å². The summed E-state index contributed by atoms with van der Waals surface area (Å²) >= 11 is 9.60. The van der Waals surface area contributed by atoms with Crippen LogP contribution in [0.3, 0.4) is 0 Å². The highest BCUT2D eigenvalue weighted by atomic mass is 79.9. The molecule has 0 N–H and O–H groups in total. The first-order valence-electron chi connectivity index (χ1n) is 6.89. The van der Waals surface area contributed by atoms with Crippen LogP contribution in [0.1, 0.15) is 24.8 Å². The summed E-state index contributed by atoms with van der Waals surface area (Å²) in [5.74, 6) is 0. The zero-order valence-corrected chi connectivity index (χ0v) is 14.0. The van der Waals surface area contributed by atoms with E-state index in [1.807, 2.05) is 12.1 Å². The molecular weight excluding hydrogens is 324 g/mol. The van der Waals surface area contributed by atoms with Crippen LogP contribution in [0.4, 0.5) is 0 Å². The largest absolute Gasteiger partial charge is 0.306 e. The molecule has 0 radical (unpaired) electrons. The Balaban J connectivity index is 1.96. The predicted molar refractivity (Wildman–Crippen MR) is 85.8 cm³/mol. The number of rotatable bonds is 3. The first-order valence-corrected chi connectivity index (χ1v) is 8.06. The Morgan fingerprint density at radius 1 is 1.32 bits per heavy atom. The van der Waals surface area contributed by atoms with Gasteiger partial charge in [0.05, 0.1) is 0 Å². The molecule has 1 aromatic carbocycles. The zero-order valence-electron chi connectivity index (χ0n) is 11.7. The molecule has 1 atom stereocenters. The van der Waals surface area contributed by atoms with E-state index in [-0.39, 0.29) is 0 Å². The van der Waals surface area contributed by atoms with Crippen LogP contribution in [0.25, 0.3) is 0 Å². The smallest absolute Gasteiger partial charge is 0.0417 e. The van der Waals surface area contributed by atoms with Gasteiger partial charge in [-0.05, 0) is 64.1 Å². The Bertz CT molecular complexity index is 423. The van der Waals surface area contributed by atoms with Gasteiger partial charge < -0.3 is 4.90 Å². The number of benzene rings is 1.